The lowest BCUT2D eigenvalue weighted by Crippen LogP contribution is -2.37. The van der Waals surface area contributed by atoms with Crippen molar-refractivity contribution in [3.05, 3.63) is 65.2 Å². The highest BCUT2D eigenvalue weighted by Crippen LogP contribution is 2.26. The van der Waals surface area contributed by atoms with Gasteiger partial charge < -0.3 is 20.1 Å². The zero-order valence-electron chi connectivity index (χ0n) is 19.6. The maximum absolute atomic E-state index is 6.28. The molecule has 1 aliphatic heterocycles. The third-order valence-electron chi connectivity index (χ3n) is 6.30. The van der Waals surface area contributed by atoms with E-state index in [2.05, 4.69) is 63.0 Å². The Hall–Kier alpha value is -1.84. The van der Waals surface area contributed by atoms with Crippen LogP contribution in [0, 0.1) is 0 Å². The number of morpholine rings is 1. The van der Waals surface area contributed by atoms with Gasteiger partial charge >= 0.3 is 0 Å². The quantitative estimate of drug-likeness (QED) is 0.284. The van der Waals surface area contributed by atoms with E-state index in [0.29, 0.717) is 12.6 Å². The first-order chi connectivity index (χ1) is 15.8. The van der Waals surface area contributed by atoms with E-state index in [1.807, 2.05) is 13.1 Å². The number of aliphatic imine (C=N–C) groups is 1. The lowest BCUT2D eigenvalue weighted by atomic mass is 10.1. The predicted molar refractivity (Wildman–Crippen MR) is 144 cm³/mol. The second-order valence-electron chi connectivity index (χ2n) is 8.57. The number of hydrogen-bond donors (Lipinski definition) is 2. The first-order valence-corrected chi connectivity index (χ1v) is 11.9. The molecule has 7 heteroatoms. The van der Waals surface area contributed by atoms with Gasteiger partial charge in [-0.25, -0.2) is 0 Å². The third kappa shape index (κ3) is 7.86. The first kappa shape index (κ1) is 25.8. The van der Waals surface area contributed by atoms with Crippen molar-refractivity contribution in [3.63, 3.8) is 0 Å². The van der Waals surface area contributed by atoms with Gasteiger partial charge in [0.1, 0.15) is 5.75 Å². The standard InChI is InChI=1S/C26H36N4O2.HI/c1-27-26(29-19-22-9-4-7-13-25(22)32-24-11-5-6-12-24)28-18-21-8-2-3-10-23(21)20-30-14-16-31-17-15-30;/h2-4,7-10,13,24H,5-6,11-12,14-20H2,1H3,(H2,27,28,29);1H. The van der Waals surface area contributed by atoms with Crippen LogP contribution in [0.15, 0.2) is 53.5 Å². The molecule has 4 rings (SSSR count). The first-order valence-electron chi connectivity index (χ1n) is 11.9. The summed E-state index contributed by atoms with van der Waals surface area (Å²) >= 11 is 0. The molecule has 0 aromatic heterocycles. The molecule has 0 atom stereocenters. The second kappa shape index (κ2) is 13.8. The van der Waals surface area contributed by atoms with Crippen molar-refractivity contribution >= 4 is 29.9 Å². The summed E-state index contributed by atoms with van der Waals surface area (Å²) in [7, 11) is 1.82. The second-order valence-corrected chi connectivity index (χ2v) is 8.57. The van der Waals surface area contributed by atoms with Crippen molar-refractivity contribution in [1.82, 2.24) is 15.5 Å². The highest BCUT2D eigenvalue weighted by molar-refractivity contribution is 14.0. The molecule has 1 aliphatic carbocycles. The number of halogens is 1. The van der Waals surface area contributed by atoms with E-state index in [1.54, 1.807) is 0 Å². The van der Waals surface area contributed by atoms with Crippen LogP contribution >= 0.6 is 24.0 Å². The number of benzene rings is 2. The fourth-order valence-electron chi connectivity index (χ4n) is 4.41. The molecule has 2 aromatic rings. The topological polar surface area (TPSA) is 58.1 Å². The summed E-state index contributed by atoms with van der Waals surface area (Å²) in [6.45, 7) is 6.00. The average Bonchev–Trinajstić information content (AvgIpc) is 3.35. The third-order valence-corrected chi connectivity index (χ3v) is 6.30. The summed E-state index contributed by atoms with van der Waals surface area (Å²) in [5, 5.41) is 6.94. The molecule has 2 aromatic carbocycles. The van der Waals surface area contributed by atoms with Gasteiger partial charge in [0.15, 0.2) is 5.96 Å². The fourth-order valence-corrected chi connectivity index (χ4v) is 4.41. The smallest absolute Gasteiger partial charge is 0.191 e. The van der Waals surface area contributed by atoms with Crippen LogP contribution < -0.4 is 15.4 Å². The van der Waals surface area contributed by atoms with E-state index >= 15 is 0 Å². The number of guanidine groups is 1. The molecule has 2 aliphatic rings. The van der Waals surface area contributed by atoms with E-state index in [0.717, 1.165) is 69.5 Å². The Morgan fingerprint density at radius 1 is 0.939 bits per heavy atom. The zero-order valence-corrected chi connectivity index (χ0v) is 21.9. The minimum Gasteiger partial charge on any atom is -0.490 e. The summed E-state index contributed by atoms with van der Waals surface area (Å²) in [5.74, 6) is 1.78. The molecule has 0 amide bonds. The van der Waals surface area contributed by atoms with E-state index in [9.17, 15) is 0 Å². The largest absolute Gasteiger partial charge is 0.490 e. The maximum Gasteiger partial charge on any atom is 0.191 e. The Kier molecular flexibility index (Phi) is 10.8. The lowest BCUT2D eigenvalue weighted by Gasteiger charge is -2.27. The molecule has 6 nitrogen and oxygen atoms in total. The molecule has 1 saturated carbocycles. The number of hydrogen-bond acceptors (Lipinski definition) is 4. The summed E-state index contributed by atoms with van der Waals surface area (Å²) in [4.78, 5) is 6.88. The van der Waals surface area contributed by atoms with Crippen molar-refractivity contribution in [1.29, 1.82) is 0 Å². The van der Waals surface area contributed by atoms with Crippen LogP contribution in [0.2, 0.25) is 0 Å². The van der Waals surface area contributed by atoms with Crippen LogP contribution in [-0.2, 0) is 24.4 Å². The van der Waals surface area contributed by atoms with Crippen molar-refractivity contribution in [3.8, 4) is 5.75 Å². The summed E-state index contributed by atoms with van der Waals surface area (Å²) in [5.41, 5.74) is 3.81. The maximum atomic E-state index is 6.28. The molecule has 2 fully saturated rings. The average molecular weight is 565 g/mol. The Morgan fingerprint density at radius 2 is 1.55 bits per heavy atom. The molecule has 1 saturated heterocycles. The van der Waals surface area contributed by atoms with Gasteiger partial charge in [-0.05, 0) is 42.9 Å². The van der Waals surface area contributed by atoms with Gasteiger partial charge in [-0.15, -0.1) is 24.0 Å². The summed E-state index contributed by atoms with van der Waals surface area (Å²) in [6, 6.07) is 17.0. The van der Waals surface area contributed by atoms with Crippen LogP contribution in [-0.4, -0.2) is 50.3 Å². The van der Waals surface area contributed by atoms with Gasteiger partial charge in [0, 0.05) is 45.3 Å². The van der Waals surface area contributed by atoms with Crippen LogP contribution in [0.4, 0.5) is 0 Å². The molecule has 0 spiro atoms. The van der Waals surface area contributed by atoms with E-state index < -0.39 is 0 Å². The van der Waals surface area contributed by atoms with E-state index in [4.69, 9.17) is 9.47 Å². The Balaban J connectivity index is 0.00000306. The number of nitrogens with one attached hydrogen (secondary N) is 2. The Morgan fingerprint density at radius 3 is 2.24 bits per heavy atom. The number of nitrogens with zero attached hydrogens (tertiary/aromatic N) is 2. The Labute approximate surface area is 215 Å². The summed E-state index contributed by atoms with van der Waals surface area (Å²) in [6.07, 6.45) is 5.23. The number of para-hydroxylation sites is 1. The predicted octanol–water partition coefficient (Wildman–Crippen LogP) is 4.32. The molecule has 0 unspecified atom stereocenters. The number of rotatable bonds is 8. The molecule has 180 valence electrons. The van der Waals surface area contributed by atoms with Gasteiger partial charge in [0.05, 0.1) is 19.3 Å². The normalized spacial score (nSPS) is 17.4. The molecule has 33 heavy (non-hydrogen) atoms. The monoisotopic (exact) mass is 564 g/mol. The van der Waals surface area contributed by atoms with Gasteiger partial charge in [0.25, 0.3) is 0 Å². The van der Waals surface area contributed by atoms with Crippen molar-refractivity contribution in [2.45, 2.75) is 51.4 Å². The highest BCUT2D eigenvalue weighted by Gasteiger charge is 2.18. The Bertz CT molecular complexity index is 880. The molecular formula is C26H37IN4O2. The fraction of sp³-hybridized carbons (Fsp3) is 0.500. The minimum atomic E-state index is 0. The summed E-state index contributed by atoms with van der Waals surface area (Å²) < 4.78 is 11.8. The van der Waals surface area contributed by atoms with Crippen molar-refractivity contribution < 1.29 is 9.47 Å². The van der Waals surface area contributed by atoms with Crippen LogP contribution in [0.1, 0.15) is 42.4 Å². The highest BCUT2D eigenvalue weighted by atomic mass is 127. The van der Waals surface area contributed by atoms with E-state index in [-0.39, 0.29) is 24.0 Å². The van der Waals surface area contributed by atoms with Crippen LogP contribution in [0.3, 0.4) is 0 Å². The molecule has 1 heterocycles. The molecule has 0 bridgehead atoms. The van der Waals surface area contributed by atoms with Gasteiger partial charge in [0.2, 0.25) is 0 Å². The zero-order chi connectivity index (χ0) is 22.0. The van der Waals surface area contributed by atoms with Crippen LogP contribution in [0.5, 0.6) is 5.75 Å². The molecule has 2 N–H and O–H groups in total. The van der Waals surface area contributed by atoms with Crippen LogP contribution in [0.25, 0.3) is 0 Å². The SMILES string of the molecule is CN=C(NCc1ccccc1CN1CCOCC1)NCc1ccccc1OC1CCCC1.I. The minimum absolute atomic E-state index is 0. The lowest BCUT2D eigenvalue weighted by molar-refractivity contribution is 0.0341. The van der Waals surface area contributed by atoms with E-state index in [1.165, 1.54) is 24.0 Å². The van der Waals surface area contributed by atoms with Crippen molar-refractivity contribution in [2.75, 3.05) is 33.4 Å². The van der Waals surface area contributed by atoms with Gasteiger partial charge in [-0.1, -0.05) is 42.5 Å². The van der Waals surface area contributed by atoms with Gasteiger partial charge in [-0.2, -0.15) is 0 Å². The number of ether oxygens (including phenoxy) is 2. The molecular weight excluding hydrogens is 527 g/mol. The molecule has 0 radical (unpaired) electrons. The van der Waals surface area contributed by atoms with Gasteiger partial charge in [-0.3, -0.25) is 9.89 Å². The van der Waals surface area contributed by atoms with Crippen molar-refractivity contribution in [2.24, 2.45) is 4.99 Å².